The summed E-state index contributed by atoms with van der Waals surface area (Å²) in [6, 6.07) is 58.6. The van der Waals surface area contributed by atoms with Crippen LogP contribution in [0.25, 0.3) is 38.8 Å². The highest BCUT2D eigenvalue weighted by atomic mass is 16.5. The van der Waals surface area contributed by atoms with Crippen LogP contribution in [0.3, 0.4) is 0 Å². The minimum atomic E-state index is -0.196. The molecular formula is C69H76N4O. The van der Waals surface area contributed by atoms with Crippen molar-refractivity contribution in [2.45, 2.75) is 137 Å². The maximum atomic E-state index is 7.00. The lowest BCUT2D eigenvalue weighted by molar-refractivity contribution is 0.483. The second-order valence-corrected chi connectivity index (χ2v) is 25.1. The van der Waals surface area contributed by atoms with Crippen LogP contribution in [-0.4, -0.2) is 16.2 Å². The third-order valence-corrected chi connectivity index (χ3v) is 15.6. The second kappa shape index (κ2) is 18.7. The molecule has 74 heavy (non-hydrogen) atoms. The van der Waals surface area contributed by atoms with Crippen LogP contribution in [0.2, 0.25) is 0 Å². The summed E-state index contributed by atoms with van der Waals surface area (Å²) in [5.74, 6) is 3.19. The Balaban J connectivity index is 1.09. The van der Waals surface area contributed by atoms with Gasteiger partial charge in [0.25, 0.3) is 0 Å². The molecular weight excluding hydrogens is 901 g/mol. The van der Waals surface area contributed by atoms with E-state index in [1.165, 1.54) is 72.5 Å². The third kappa shape index (κ3) is 9.40. The summed E-state index contributed by atoms with van der Waals surface area (Å²) < 4.78 is 9.31. The van der Waals surface area contributed by atoms with E-state index in [4.69, 9.17) is 9.72 Å². The Kier molecular flexibility index (Phi) is 12.7. The van der Waals surface area contributed by atoms with E-state index in [0.717, 1.165) is 39.4 Å². The first-order valence-corrected chi connectivity index (χ1v) is 26.8. The van der Waals surface area contributed by atoms with Crippen molar-refractivity contribution in [3.63, 3.8) is 0 Å². The second-order valence-electron chi connectivity index (χ2n) is 25.1. The van der Waals surface area contributed by atoms with E-state index in [9.17, 15) is 0 Å². The predicted octanol–water partition coefficient (Wildman–Crippen LogP) is 19.4. The number of pyridine rings is 1. The Morgan fingerprint density at radius 2 is 1.08 bits per heavy atom. The SMILES string of the molecule is CC(C)c1cccc(C(C)C)c1-c1ccc2c(c1)N(c1cccc(Oc3ccc4c5cc(C(C)(C)c6ccccc6)ccc5n(-c5cc(C(C)(C)C)ccn5)c4c3)c1)CN2c1cc(C(C)(C)C)cc(C(C)(C)C)c1. The van der Waals surface area contributed by atoms with Gasteiger partial charge in [0.2, 0.25) is 0 Å². The molecule has 0 aliphatic carbocycles. The molecule has 0 unspecified atom stereocenters. The molecule has 0 fully saturated rings. The fourth-order valence-corrected chi connectivity index (χ4v) is 11.0. The molecule has 5 nitrogen and oxygen atoms in total. The average Bonchev–Trinajstić information content (AvgIpc) is 3.91. The standard InChI is InChI=1S/C69H76N4O/c1-44(2)56-25-20-26-57(45(3)4)65(56)46-27-31-61-63(35-46)71(43-72(61)53-37-50(67(8,9)10)36-51(38-53)68(11,12)13)52-23-19-24-54(41-52)74-55-29-30-58-59-39-49(69(14,15)47-21-17-16-18-22-47)28-32-60(59)73(62(58)42-55)64-40-48(33-34-70-64)66(5,6)7/h16-42,44-45H,43H2,1-15H3. The van der Waals surface area contributed by atoms with Crippen LogP contribution in [-0.2, 0) is 21.7 Å². The molecule has 10 rings (SSSR count). The smallest absolute Gasteiger partial charge is 0.137 e. The van der Waals surface area contributed by atoms with Crippen LogP contribution in [0.1, 0.15) is 155 Å². The first-order valence-electron chi connectivity index (χ1n) is 26.8. The summed E-state index contributed by atoms with van der Waals surface area (Å²) in [4.78, 5) is 10.0. The molecule has 0 saturated heterocycles. The van der Waals surface area contributed by atoms with Gasteiger partial charge in [-0.25, -0.2) is 4.98 Å². The molecule has 1 aliphatic heterocycles. The van der Waals surface area contributed by atoms with Crippen LogP contribution < -0.4 is 14.5 Å². The average molecular weight is 977 g/mol. The zero-order chi connectivity index (χ0) is 52.6. The van der Waals surface area contributed by atoms with Crippen LogP contribution in [0.5, 0.6) is 11.5 Å². The number of benzene rings is 7. The van der Waals surface area contributed by atoms with E-state index >= 15 is 0 Å². The maximum Gasteiger partial charge on any atom is 0.137 e. The van der Waals surface area contributed by atoms with Gasteiger partial charge >= 0.3 is 0 Å². The van der Waals surface area contributed by atoms with Crippen molar-refractivity contribution < 1.29 is 4.74 Å². The topological polar surface area (TPSA) is 33.5 Å². The van der Waals surface area contributed by atoms with Crippen molar-refractivity contribution in [2.75, 3.05) is 16.5 Å². The van der Waals surface area contributed by atoms with Crippen molar-refractivity contribution in [1.82, 2.24) is 9.55 Å². The van der Waals surface area contributed by atoms with Gasteiger partial charge in [-0.05, 0) is 151 Å². The highest BCUT2D eigenvalue weighted by molar-refractivity contribution is 6.10. The molecule has 0 spiro atoms. The van der Waals surface area contributed by atoms with E-state index in [1.807, 2.05) is 6.20 Å². The molecule has 0 N–H and O–H groups in total. The normalized spacial score (nSPS) is 13.5. The first-order chi connectivity index (χ1) is 35.0. The monoisotopic (exact) mass is 977 g/mol. The van der Waals surface area contributed by atoms with Gasteiger partial charge in [-0.3, -0.25) is 4.57 Å². The van der Waals surface area contributed by atoms with Gasteiger partial charge in [0.15, 0.2) is 0 Å². The summed E-state index contributed by atoms with van der Waals surface area (Å²) in [6.07, 6.45) is 1.95. The van der Waals surface area contributed by atoms with Crippen LogP contribution in [0.15, 0.2) is 164 Å². The summed E-state index contributed by atoms with van der Waals surface area (Å²) >= 11 is 0. The number of anilines is 4. The number of fused-ring (bicyclic) bond motifs is 4. The van der Waals surface area contributed by atoms with Gasteiger partial charge in [-0.1, -0.05) is 177 Å². The first kappa shape index (κ1) is 50.4. The van der Waals surface area contributed by atoms with Gasteiger partial charge < -0.3 is 14.5 Å². The highest BCUT2D eigenvalue weighted by Gasteiger charge is 2.32. The third-order valence-electron chi connectivity index (χ3n) is 15.6. The maximum absolute atomic E-state index is 7.00. The molecule has 0 saturated carbocycles. The van der Waals surface area contributed by atoms with Crippen molar-refractivity contribution in [3.05, 3.63) is 203 Å². The van der Waals surface area contributed by atoms with Crippen LogP contribution in [0.4, 0.5) is 22.7 Å². The number of hydrogen-bond acceptors (Lipinski definition) is 4. The van der Waals surface area contributed by atoms with Crippen molar-refractivity contribution in [1.29, 1.82) is 0 Å². The Bertz CT molecular complexity index is 3500. The van der Waals surface area contributed by atoms with E-state index in [-0.39, 0.29) is 21.7 Å². The molecule has 0 bridgehead atoms. The molecule has 378 valence electrons. The van der Waals surface area contributed by atoms with E-state index < -0.39 is 0 Å². The largest absolute Gasteiger partial charge is 0.457 e. The Labute approximate surface area is 441 Å². The molecule has 7 aromatic carbocycles. The number of rotatable bonds is 10. The lowest BCUT2D eigenvalue weighted by Crippen LogP contribution is -2.25. The molecule has 0 amide bonds. The van der Waals surface area contributed by atoms with Gasteiger partial charge in [0.05, 0.1) is 22.4 Å². The molecule has 5 heteroatoms. The summed E-state index contributed by atoms with van der Waals surface area (Å²) in [5, 5.41) is 2.35. The Hall–Kier alpha value is -7.11. The molecule has 9 aromatic rings. The Morgan fingerprint density at radius 3 is 1.73 bits per heavy atom. The number of nitrogens with zero attached hydrogens (tertiary/aromatic N) is 4. The van der Waals surface area contributed by atoms with Crippen molar-refractivity contribution in [2.24, 2.45) is 0 Å². The van der Waals surface area contributed by atoms with Gasteiger partial charge in [-0.15, -0.1) is 0 Å². The van der Waals surface area contributed by atoms with Gasteiger partial charge in [-0.2, -0.15) is 0 Å². The molecule has 2 aromatic heterocycles. The van der Waals surface area contributed by atoms with E-state index in [2.05, 4.69) is 276 Å². The van der Waals surface area contributed by atoms with Crippen LogP contribution in [0, 0.1) is 0 Å². The molecule has 0 atom stereocenters. The molecule has 1 aliphatic rings. The quantitative estimate of drug-likeness (QED) is 0.137. The summed E-state index contributed by atoms with van der Waals surface area (Å²) in [6.45, 7) is 35.2. The number of aromatic nitrogens is 2. The molecule has 0 radical (unpaired) electrons. The summed E-state index contributed by atoms with van der Waals surface area (Å²) in [5.41, 5.74) is 18.3. The van der Waals surface area contributed by atoms with Gasteiger partial charge in [0.1, 0.15) is 24.0 Å². The zero-order valence-corrected chi connectivity index (χ0v) is 46.6. The van der Waals surface area contributed by atoms with Gasteiger partial charge in [0, 0.05) is 45.9 Å². The fraction of sp³-hybridized carbons (Fsp3) is 0.319. The number of hydrogen-bond donors (Lipinski definition) is 0. The minimum absolute atomic E-state index is 0.0197. The lowest BCUT2D eigenvalue weighted by Gasteiger charge is -2.29. The van der Waals surface area contributed by atoms with E-state index in [0.29, 0.717) is 18.5 Å². The lowest BCUT2D eigenvalue weighted by atomic mass is 9.78. The van der Waals surface area contributed by atoms with Crippen molar-refractivity contribution in [3.8, 4) is 28.4 Å². The van der Waals surface area contributed by atoms with Crippen molar-refractivity contribution >= 4 is 44.6 Å². The highest BCUT2D eigenvalue weighted by Crippen LogP contribution is 2.50. The summed E-state index contributed by atoms with van der Waals surface area (Å²) in [7, 11) is 0. The van der Waals surface area contributed by atoms with E-state index in [1.54, 1.807) is 0 Å². The van der Waals surface area contributed by atoms with Crippen LogP contribution >= 0.6 is 0 Å². The fourth-order valence-electron chi connectivity index (χ4n) is 11.0. The number of ether oxygens (including phenoxy) is 1. The minimum Gasteiger partial charge on any atom is -0.457 e. The zero-order valence-electron chi connectivity index (χ0n) is 46.6. The Morgan fingerprint density at radius 1 is 0.446 bits per heavy atom. The predicted molar refractivity (Wildman–Crippen MR) is 315 cm³/mol. The molecule has 3 heterocycles.